The first-order chi connectivity index (χ1) is 13.0. The molecule has 0 aliphatic rings. The van der Waals surface area contributed by atoms with Crippen molar-refractivity contribution in [3.05, 3.63) is 34.8 Å². The van der Waals surface area contributed by atoms with Crippen molar-refractivity contribution in [2.45, 2.75) is 53.4 Å². The molecule has 0 unspecified atom stereocenters. The summed E-state index contributed by atoms with van der Waals surface area (Å²) in [5, 5.41) is 11.1. The molecule has 0 spiro atoms. The van der Waals surface area contributed by atoms with Crippen LogP contribution in [0, 0.1) is 20.8 Å². The van der Waals surface area contributed by atoms with Crippen LogP contribution in [-0.2, 0) is 17.5 Å². The van der Waals surface area contributed by atoms with Crippen LogP contribution in [0.5, 0.6) is 0 Å². The molecule has 3 aromatic rings. The number of hydrogen-bond donors (Lipinski definition) is 1. The number of pyridine rings is 1. The molecule has 0 radical (unpaired) electrons. The molecule has 28 heavy (non-hydrogen) atoms. The maximum absolute atomic E-state index is 13.4. The Hall–Kier alpha value is -2.91. The number of rotatable bonds is 4. The van der Waals surface area contributed by atoms with E-state index in [-0.39, 0.29) is 35.0 Å². The number of anilines is 1. The van der Waals surface area contributed by atoms with Crippen LogP contribution in [0.25, 0.3) is 11.0 Å². The van der Waals surface area contributed by atoms with Gasteiger partial charge in [-0.1, -0.05) is 0 Å². The minimum Gasteiger partial charge on any atom is -0.309 e. The molecule has 0 aliphatic carbocycles. The van der Waals surface area contributed by atoms with Crippen LogP contribution < -0.4 is 5.32 Å². The number of amides is 1. The quantitative estimate of drug-likeness (QED) is 0.730. The molecule has 3 heterocycles. The molecular formula is C18H21F3N6O. The summed E-state index contributed by atoms with van der Waals surface area (Å²) in [5.41, 5.74) is 0.360. The highest BCUT2D eigenvalue weighted by Gasteiger charge is 2.35. The van der Waals surface area contributed by atoms with Crippen molar-refractivity contribution in [1.82, 2.24) is 24.5 Å². The Morgan fingerprint density at radius 3 is 2.43 bits per heavy atom. The van der Waals surface area contributed by atoms with E-state index < -0.39 is 17.6 Å². The number of aryl methyl sites for hydroxylation is 3. The number of aromatic nitrogens is 5. The van der Waals surface area contributed by atoms with Gasteiger partial charge in [-0.25, -0.2) is 14.3 Å². The van der Waals surface area contributed by atoms with Gasteiger partial charge in [0.1, 0.15) is 12.4 Å². The summed E-state index contributed by atoms with van der Waals surface area (Å²) in [5.74, 6) is 0.0915. The third kappa shape index (κ3) is 3.71. The SMILES string of the molecule is Cc1cc(C(F)(F)F)c2c(C)nn(CC(=O)Nc3cc(C)nn3C(C)C)c2n1. The molecule has 10 heteroatoms. The Morgan fingerprint density at radius 2 is 1.82 bits per heavy atom. The second-order valence-electron chi connectivity index (χ2n) is 7.01. The first-order valence-corrected chi connectivity index (χ1v) is 8.75. The summed E-state index contributed by atoms with van der Waals surface area (Å²) in [7, 11) is 0. The van der Waals surface area contributed by atoms with Gasteiger partial charge in [-0.05, 0) is 40.7 Å². The molecular weight excluding hydrogens is 373 g/mol. The molecule has 3 aromatic heterocycles. The first kappa shape index (κ1) is 19.8. The summed E-state index contributed by atoms with van der Waals surface area (Å²) in [4.78, 5) is 16.7. The van der Waals surface area contributed by atoms with E-state index in [1.165, 1.54) is 18.5 Å². The topological polar surface area (TPSA) is 77.6 Å². The van der Waals surface area contributed by atoms with Crippen molar-refractivity contribution in [2.75, 3.05) is 5.32 Å². The Balaban J connectivity index is 1.95. The van der Waals surface area contributed by atoms with Gasteiger partial charge in [0, 0.05) is 17.8 Å². The molecule has 0 bridgehead atoms. The average Bonchev–Trinajstić information content (AvgIpc) is 3.06. The minimum absolute atomic E-state index is 0.0357. The van der Waals surface area contributed by atoms with Crippen molar-refractivity contribution in [3.63, 3.8) is 0 Å². The first-order valence-electron chi connectivity index (χ1n) is 8.75. The van der Waals surface area contributed by atoms with Gasteiger partial charge in [0.2, 0.25) is 5.91 Å². The lowest BCUT2D eigenvalue weighted by Crippen LogP contribution is -2.22. The van der Waals surface area contributed by atoms with E-state index >= 15 is 0 Å². The monoisotopic (exact) mass is 394 g/mol. The second kappa shape index (κ2) is 6.92. The number of fused-ring (bicyclic) bond motifs is 1. The van der Waals surface area contributed by atoms with Crippen LogP contribution in [0.3, 0.4) is 0 Å². The van der Waals surface area contributed by atoms with Crippen molar-refractivity contribution < 1.29 is 18.0 Å². The Bertz CT molecular complexity index is 1050. The lowest BCUT2D eigenvalue weighted by molar-refractivity contribution is -0.136. The third-order valence-electron chi connectivity index (χ3n) is 4.22. The predicted octanol–water partition coefficient (Wildman–Crippen LogP) is 3.79. The number of halogens is 3. The molecule has 1 amide bonds. The molecule has 0 saturated carbocycles. The fourth-order valence-corrected chi connectivity index (χ4v) is 3.13. The van der Waals surface area contributed by atoms with Crippen LogP contribution in [0.15, 0.2) is 12.1 Å². The van der Waals surface area contributed by atoms with Crippen molar-refractivity contribution in [1.29, 1.82) is 0 Å². The second-order valence-corrected chi connectivity index (χ2v) is 7.01. The third-order valence-corrected chi connectivity index (χ3v) is 4.22. The molecule has 0 aromatic carbocycles. The van der Waals surface area contributed by atoms with E-state index in [9.17, 15) is 18.0 Å². The normalized spacial score (nSPS) is 12.2. The highest BCUT2D eigenvalue weighted by atomic mass is 19.4. The Kier molecular flexibility index (Phi) is 4.90. The van der Waals surface area contributed by atoms with Gasteiger partial charge in [-0.2, -0.15) is 23.4 Å². The fourth-order valence-electron chi connectivity index (χ4n) is 3.13. The van der Waals surface area contributed by atoms with Gasteiger partial charge in [0.15, 0.2) is 5.65 Å². The molecule has 7 nitrogen and oxygen atoms in total. The number of nitrogens with one attached hydrogen (secondary N) is 1. The summed E-state index contributed by atoms with van der Waals surface area (Å²) in [6.07, 6.45) is -4.53. The maximum Gasteiger partial charge on any atom is 0.417 e. The highest BCUT2D eigenvalue weighted by Crippen LogP contribution is 2.36. The molecule has 0 saturated heterocycles. The van der Waals surface area contributed by atoms with Gasteiger partial charge >= 0.3 is 6.18 Å². The molecule has 1 N–H and O–H groups in total. The van der Waals surface area contributed by atoms with E-state index in [0.29, 0.717) is 5.82 Å². The van der Waals surface area contributed by atoms with Crippen LogP contribution in [0.1, 0.15) is 42.5 Å². The van der Waals surface area contributed by atoms with Gasteiger partial charge in [0.25, 0.3) is 0 Å². The van der Waals surface area contributed by atoms with Crippen LogP contribution in [0.4, 0.5) is 19.0 Å². The van der Waals surface area contributed by atoms with Gasteiger partial charge < -0.3 is 5.32 Å². The van der Waals surface area contributed by atoms with Crippen molar-refractivity contribution in [3.8, 4) is 0 Å². The lowest BCUT2D eigenvalue weighted by atomic mass is 10.1. The summed E-state index contributed by atoms with van der Waals surface area (Å²) in [6.45, 7) is 8.35. The van der Waals surface area contributed by atoms with E-state index in [4.69, 9.17) is 0 Å². The number of alkyl halides is 3. The van der Waals surface area contributed by atoms with Gasteiger partial charge in [0.05, 0.1) is 22.3 Å². The smallest absolute Gasteiger partial charge is 0.309 e. The molecule has 3 rings (SSSR count). The molecule has 0 atom stereocenters. The average molecular weight is 394 g/mol. The van der Waals surface area contributed by atoms with E-state index in [0.717, 1.165) is 11.8 Å². The summed E-state index contributed by atoms with van der Waals surface area (Å²) in [6, 6.07) is 2.76. The number of carbonyl (C=O) groups excluding carboxylic acids is 1. The zero-order valence-corrected chi connectivity index (χ0v) is 16.2. The minimum atomic E-state index is -4.53. The molecule has 150 valence electrons. The van der Waals surface area contributed by atoms with Crippen LogP contribution in [-0.4, -0.2) is 30.5 Å². The lowest BCUT2D eigenvalue weighted by Gasteiger charge is -2.12. The summed E-state index contributed by atoms with van der Waals surface area (Å²) < 4.78 is 43.1. The standard InChI is InChI=1S/C18H21F3N6O/c1-9(2)27-14(7-11(4)24-27)23-15(28)8-26-17-16(12(5)25-26)13(18(19,20)21)6-10(3)22-17/h6-7,9H,8H2,1-5H3,(H,23,28). The summed E-state index contributed by atoms with van der Waals surface area (Å²) >= 11 is 0. The number of carbonyl (C=O) groups is 1. The Labute approximate surface area is 159 Å². The van der Waals surface area contributed by atoms with Crippen LogP contribution in [0.2, 0.25) is 0 Å². The predicted molar refractivity (Wildman–Crippen MR) is 98.0 cm³/mol. The van der Waals surface area contributed by atoms with Crippen molar-refractivity contribution in [2.24, 2.45) is 0 Å². The number of nitrogens with zero attached hydrogens (tertiary/aromatic N) is 5. The number of hydrogen-bond acceptors (Lipinski definition) is 4. The van der Waals surface area contributed by atoms with Crippen LogP contribution >= 0.6 is 0 Å². The highest BCUT2D eigenvalue weighted by molar-refractivity contribution is 5.91. The largest absolute Gasteiger partial charge is 0.417 e. The zero-order valence-electron chi connectivity index (χ0n) is 16.2. The van der Waals surface area contributed by atoms with Crippen molar-refractivity contribution >= 4 is 22.8 Å². The van der Waals surface area contributed by atoms with E-state index in [1.54, 1.807) is 10.7 Å². The van der Waals surface area contributed by atoms with Gasteiger partial charge in [-0.3, -0.25) is 4.79 Å². The Morgan fingerprint density at radius 1 is 1.14 bits per heavy atom. The maximum atomic E-state index is 13.4. The zero-order chi connectivity index (χ0) is 20.8. The molecule has 0 fully saturated rings. The van der Waals surface area contributed by atoms with Gasteiger partial charge in [-0.15, -0.1) is 0 Å². The van der Waals surface area contributed by atoms with E-state index in [1.807, 2.05) is 20.8 Å². The molecule has 0 aliphatic heterocycles. The van der Waals surface area contributed by atoms with E-state index in [2.05, 4.69) is 20.5 Å². The fraction of sp³-hybridized carbons (Fsp3) is 0.444.